The number of nitro benzene ring substituents is 1. The van der Waals surface area contributed by atoms with Gasteiger partial charge in [-0.1, -0.05) is 0 Å². The summed E-state index contributed by atoms with van der Waals surface area (Å²) in [6, 6.07) is 1.67. The average molecular weight is 312 g/mol. The summed E-state index contributed by atoms with van der Waals surface area (Å²) in [7, 11) is 4.02. The summed E-state index contributed by atoms with van der Waals surface area (Å²) in [5, 5.41) is 11.3. The van der Waals surface area contributed by atoms with E-state index in [0.717, 1.165) is 0 Å². The molecule has 0 bridgehead atoms. The van der Waals surface area contributed by atoms with Gasteiger partial charge < -0.3 is 19.9 Å². The second kappa shape index (κ2) is 6.61. The highest BCUT2D eigenvalue weighted by molar-refractivity contribution is 5.77. The molecule has 1 atom stereocenters. The van der Waals surface area contributed by atoms with E-state index in [0.29, 0.717) is 5.75 Å². The molecule has 8 nitrogen and oxygen atoms in total. The second-order valence-electron chi connectivity index (χ2n) is 5.21. The van der Waals surface area contributed by atoms with Crippen molar-refractivity contribution in [3.05, 3.63) is 27.8 Å². The Hall–Kier alpha value is -2.35. The number of esters is 1. The summed E-state index contributed by atoms with van der Waals surface area (Å²) in [4.78, 5) is 22.6. The minimum absolute atomic E-state index is 0.165. The molecule has 0 aromatic heterocycles. The Balaban J connectivity index is 3.50. The molecule has 122 valence electrons. The smallest absolute Gasteiger partial charge is 0.313 e. The number of carbonyl (C=O) groups is 1. The van der Waals surface area contributed by atoms with Crippen LogP contribution in [0.4, 0.5) is 5.69 Å². The number of carbonyl (C=O) groups excluding carboxylic acids is 1. The lowest BCUT2D eigenvalue weighted by molar-refractivity contribution is -0.385. The number of ether oxygens (including phenoxy) is 3. The van der Waals surface area contributed by atoms with E-state index < -0.39 is 22.3 Å². The summed E-state index contributed by atoms with van der Waals surface area (Å²) >= 11 is 0. The molecule has 2 N–H and O–H groups in total. The fraction of sp³-hybridized carbons (Fsp3) is 0.500. The molecule has 1 aromatic carbocycles. The van der Waals surface area contributed by atoms with Crippen molar-refractivity contribution >= 4 is 11.7 Å². The summed E-state index contributed by atoms with van der Waals surface area (Å²) in [5.41, 5.74) is 4.86. The van der Waals surface area contributed by atoms with Gasteiger partial charge in [0.25, 0.3) is 5.69 Å². The highest BCUT2D eigenvalue weighted by atomic mass is 16.6. The lowest BCUT2D eigenvalue weighted by atomic mass is 9.80. The first-order valence-electron chi connectivity index (χ1n) is 6.45. The van der Waals surface area contributed by atoms with Gasteiger partial charge in [-0.15, -0.1) is 0 Å². The van der Waals surface area contributed by atoms with Crippen molar-refractivity contribution in [2.75, 3.05) is 21.3 Å². The zero-order valence-electron chi connectivity index (χ0n) is 13.2. The van der Waals surface area contributed by atoms with Gasteiger partial charge in [-0.25, -0.2) is 0 Å². The van der Waals surface area contributed by atoms with Crippen LogP contribution in [0.1, 0.15) is 25.5 Å². The van der Waals surface area contributed by atoms with E-state index in [2.05, 4.69) is 0 Å². The van der Waals surface area contributed by atoms with Crippen LogP contribution in [0.5, 0.6) is 11.5 Å². The van der Waals surface area contributed by atoms with Crippen molar-refractivity contribution in [3.63, 3.8) is 0 Å². The van der Waals surface area contributed by atoms with Crippen LogP contribution in [-0.2, 0) is 9.53 Å². The number of hydrogen-bond donors (Lipinski definition) is 1. The van der Waals surface area contributed by atoms with E-state index >= 15 is 0 Å². The molecule has 0 unspecified atom stereocenters. The molecular weight excluding hydrogens is 292 g/mol. The number of nitrogens with two attached hydrogens (primary N) is 1. The molecule has 0 spiro atoms. The average Bonchev–Trinajstić information content (AvgIpc) is 2.51. The Labute approximate surface area is 128 Å². The predicted molar refractivity (Wildman–Crippen MR) is 78.9 cm³/mol. The maximum atomic E-state index is 11.9. The molecule has 1 aromatic rings. The van der Waals surface area contributed by atoms with Crippen LogP contribution >= 0.6 is 0 Å². The summed E-state index contributed by atoms with van der Waals surface area (Å²) in [5.74, 6) is -0.0654. The quantitative estimate of drug-likeness (QED) is 0.484. The Bertz CT molecular complexity index is 585. The van der Waals surface area contributed by atoms with Crippen LogP contribution < -0.4 is 15.2 Å². The first-order chi connectivity index (χ1) is 10.2. The van der Waals surface area contributed by atoms with Gasteiger partial charge in [0.1, 0.15) is 0 Å². The minimum atomic E-state index is -1.15. The van der Waals surface area contributed by atoms with Crippen molar-refractivity contribution in [1.82, 2.24) is 0 Å². The summed E-state index contributed by atoms with van der Waals surface area (Å²) in [6.07, 6.45) is 0. The van der Waals surface area contributed by atoms with Crippen molar-refractivity contribution in [2.24, 2.45) is 11.1 Å². The topological polar surface area (TPSA) is 114 Å². The molecule has 0 heterocycles. The standard InChI is InChI=1S/C14H20N2O6/c1-14(2,13(17)22-5)12(15)8-6-10(20-3)11(21-4)7-9(8)16(18)19/h6-7,12H,15H2,1-5H3/t12-/m0/s1. The highest BCUT2D eigenvalue weighted by Gasteiger charge is 2.40. The van der Waals surface area contributed by atoms with Gasteiger partial charge in [-0.3, -0.25) is 14.9 Å². The van der Waals surface area contributed by atoms with Gasteiger partial charge in [0.15, 0.2) is 11.5 Å². The van der Waals surface area contributed by atoms with Crippen molar-refractivity contribution in [1.29, 1.82) is 0 Å². The molecule has 0 amide bonds. The number of benzene rings is 1. The van der Waals surface area contributed by atoms with E-state index in [9.17, 15) is 14.9 Å². The molecule has 0 aliphatic rings. The zero-order valence-corrected chi connectivity index (χ0v) is 13.2. The van der Waals surface area contributed by atoms with Crippen molar-refractivity contribution in [2.45, 2.75) is 19.9 Å². The summed E-state index contributed by atoms with van der Waals surface area (Å²) in [6.45, 7) is 3.12. The monoisotopic (exact) mass is 312 g/mol. The molecule has 0 saturated heterocycles. The van der Waals surface area contributed by atoms with E-state index in [4.69, 9.17) is 19.9 Å². The molecule has 0 aliphatic heterocycles. The summed E-state index contributed by atoms with van der Waals surface area (Å²) < 4.78 is 14.9. The first kappa shape index (κ1) is 17.7. The molecule has 1 rings (SSSR count). The largest absolute Gasteiger partial charge is 0.493 e. The lowest BCUT2D eigenvalue weighted by Crippen LogP contribution is -2.37. The number of nitro groups is 1. The number of hydrogen-bond acceptors (Lipinski definition) is 7. The van der Waals surface area contributed by atoms with Crippen LogP contribution in [0.3, 0.4) is 0 Å². The fourth-order valence-electron chi connectivity index (χ4n) is 2.07. The molecule has 0 radical (unpaired) electrons. The van der Waals surface area contributed by atoms with Crippen LogP contribution in [0.25, 0.3) is 0 Å². The van der Waals surface area contributed by atoms with E-state index in [-0.39, 0.29) is 17.0 Å². The molecule has 0 fully saturated rings. The van der Waals surface area contributed by atoms with Gasteiger partial charge in [0.2, 0.25) is 0 Å². The molecule has 8 heteroatoms. The van der Waals surface area contributed by atoms with Gasteiger partial charge in [0.05, 0.1) is 49.3 Å². The highest BCUT2D eigenvalue weighted by Crippen LogP contribution is 2.42. The van der Waals surface area contributed by atoms with E-state index in [1.165, 1.54) is 33.5 Å². The normalized spacial score (nSPS) is 12.5. The van der Waals surface area contributed by atoms with Crippen molar-refractivity contribution < 1.29 is 23.9 Å². The third-order valence-electron chi connectivity index (χ3n) is 3.55. The van der Waals surface area contributed by atoms with Crippen LogP contribution in [0.15, 0.2) is 12.1 Å². The third kappa shape index (κ3) is 3.11. The SMILES string of the molecule is COC(=O)C(C)(C)[C@@H](N)c1cc(OC)c(OC)cc1[N+](=O)[O-]. The van der Waals surface area contributed by atoms with Crippen LogP contribution in [0, 0.1) is 15.5 Å². The predicted octanol–water partition coefficient (Wildman–Crippen LogP) is 1.81. The van der Waals surface area contributed by atoms with Gasteiger partial charge in [-0.05, 0) is 19.9 Å². The van der Waals surface area contributed by atoms with E-state index in [1.54, 1.807) is 13.8 Å². The Morgan fingerprint density at radius 2 is 1.73 bits per heavy atom. The number of nitrogens with zero attached hydrogens (tertiary/aromatic N) is 1. The molecule has 0 saturated carbocycles. The fourth-order valence-corrected chi connectivity index (χ4v) is 2.07. The van der Waals surface area contributed by atoms with Gasteiger partial charge >= 0.3 is 5.97 Å². The Morgan fingerprint density at radius 3 is 2.14 bits per heavy atom. The molecule has 22 heavy (non-hydrogen) atoms. The first-order valence-corrected chi connectivity index (χ1v) is 6.45. The maximum absolute atomic E-state index is 11.9. The third-order valence-corrected chi connectivity index (χ3v) is 3.55. The van der Waals surface area contributed by atoms with Crippen LogP contribution in [-0.4, -0.2) is 32.2 Å². The molecular formula is C14H20N2O6. The second-order valence-corrected chi connectivity index (χ2v) is 5.21. The molecule has 0 aliphatic carbocycles. The minimum Gasteiger partial charge on any atom is -0.493 e. The Morgan fingerprint density at radius 1 is 1.23 bits per heavy atom. The Kier molecular flexibility index (Phi) is 5.32. The zero-order chi connectivity index (χ0) is 17.1. The number of methoxy groups -OCH3 is 3. The maximum Gasteiger partial charge on any atom is 0.313 e. The van der Waals surface area contributed by atoms with E-state index in [1.807, 2.05) is 0 Å². The lowest BCUT2D eigenvalue weighted by Gasteiger charge is -2.29. The van der Waals surface area contributed by atoms with Crippen LogP contribution in [0.2, 0.25) is 0 Å². The number of rotatable bonds is 6. The van der Waals surface area contributed by atoms with Gasteiger partial charge in [-0.2, -0.15) is 0 Å². The van der Waals surface area contributed by atoms with Gasteiger partial charge in [0, 0.05) is 0 Å². The van der Waals surface area contributed by atoms with Crippen molar-refractivity contribution in [3.8, 4) is 11.5 Å².